The van der Waals surface area contributed by atoms with E-state index < -0.39 is 10.5 Å². The highest BCUT2D eigenvalue weighted by molar-refractivity contribution is 5.59. The number of aromatic nitrogens is 4. The Bertz CT molecular complexity index is 978. The molecule has 0 unspecified atom stereocenters. The lowest BCUT2D eigenvalue weighted by Crippen LogP contribution is -2.26. The van der Waals surface area contributed by atoms with Crippen molar-refractivity contribution in [3.8, 4) is 22.8 Å². The van der Waals surface area contributed by atoms with Crippen LogP contribution in [0.4, 0.5) is 5.82 Å². The fourth-order valence-corrected chi connectivity index (χ4v) is 2.48. The third-order valence-corrected chi connectivity index (χ3v) is 3.65. The molecule has 0 radical (unpaired) electrons. The molecule has 0 aliphatic carbocycles. The number of hydrogen-bond donors (Lipinski definition) is 1. The maximum atomic E-state index is 10.8. The van der Waals surface area contributed by atoms with E-state index in [0.717, 1.165) is 5.56 Å². The number of aryl methyl sites for hydroxylation is 1. The quantitative estimate of drug-likeness (QED) is 0.524. The van der Waals surface area contributed by atoms with Gasteiger partial charge in [-0.2, -0.15) is 5.10 Å². The van der Waals surface area contributed by atoms with Gasteiger partial charge in [-0.1, -0.05) is 0 Å². The first-order valence-corrected chi connectivity index (χ1v) is 8.22. The normalized spacial score (nSPS) is 11.4. The lowest BCUT2D eigenvalue weighted by atomic mass is 10.1. The van der Waals surface area contributed by atoms with Crippen molar-refractivity contribution in [3.63, 3.8) is 0 Å². The summed E-state index contributed by atoms with van der Waals surface area (Å²) in [6.45, 7) is 5.42. The molecule has 0 spiro atoms. The molecule has 140 valence electrons. The number of pyridine rings is 2. The average Bonchev–Trinajstić information content (AvgIpc) is 3.03. The summed E-state index contributed by atoms with van der Waals surface area (Å²) in [5, 5.41) is 24.9. The van der Waals surface area contributed by atoms with Gasteiger partial charge >= 0.3 is 5.82 Å². The van der Waals surface area contributed by atoms with Gasteiger partial charge in [0.1, 0.15) is 5.75 Å². The van der Waals surface area contributed by atoms with E-state index in [1.165, 1.54) is 12.1 Å². The van der Waals surface area contributed by atoms with Crippen LogP contribution in [-0.2, 0) is 6.54 Å². The largest absolute Gasteiger partial charge is 0.453 e. The highest BCUT2D eigenvalue weighted by Gasteiger charge is 2.16. The molecule has 0 saturated heterocycles. The fourth-order valence-electron chi connectivity index (χ4n) is 2.48. The van der Waals surface area contributed by atoms with Crippen LogP contribution in [0.15, 0.2) is 42.9 Å². The Morgan fingerprint density at radius 3 is 2.78 bits per heavy atom. The molecule has 3 aromatic heterocycles. The van der Waals surface area contributed by atoms with Crippen molar-refractivity contribution in [2.75, 3.05) is 0 Å². The maximum Gasteiger partial charge on any atom is 0.363 e. The summed E-state index contributed by atoms with van der Waals surface area (Å²) in [6.07, 6.45) is 5.06. The van der Waals surface area contributed by atoms with E-state index in [-0.39, 0.29) is 5.82 Å². The standard InChI is InChI=1S/C18H19N5O4/c1-12-16(4-5-17(21-12)23(25)26)27-14-6-7-19-15(8-14)13-9-20-22(10-13)11-18(2,3)24/h4-10,24H,11H2,1-3H3. The molecule has 0 aromatic carbocycles. The zero-order chi connectivity index (χ0) is 19.6. The number of aliphatic hydroxyl groups is 1. The van der Waals surface area contributed by atoms with Crippen molar-refractivity contribution in [1.82, 2.24) is 19.7 Å². The van der Waals surface area contributed by atoms with Crippen molar-refractivity contribution in [3.05, 3.63) is 58.7 Å². The third-order valence-electron chi connectivity index (χ3n) is 3.65. The zero-order valence-electron chi connectivity index (χ0n) is 15.2. The van der Waals surface area contributed by atoms with Crippen LogP contribution in [0, 0.1) is 17.0 Å². The SMILES string of the molecule is Cc1nc([N+](=O)[O-])ccc1Oc1ccnc(-c2cnn(CC(C)(C)O)c2)c1. The highest BCUT2D eigenvalue weighted by atomic mass is 16.6. The Kier molecular flexibility index (Phi) is 4.87. The van der Waals surface area contributed by atoms with Gasteiger partial charge in [0.05, 0.1) is 24.0 Å². The van der Waals surface area contributed by atoms with Gasteiger partial charge in [-0.25, -0.2) is 0 Å². The van der Waals surface area contributed by atoms with Gasteiger partial charge in [0.25, 0.3) is 0 Å². The zero-order valence-corrected chi connectivity index (χ0v) is 15.2. The molecule has 0 saturated carbocycles. The summed E-state index contributed by atoms with van der Waals surface area (Å²) in [4.78, 5) is 18.5. The molecule has 0 aliphatic rings. The topological polar surface area (TPSA) is 116 Å². The van der Waals surface area contributed by atoms with Gasteiger partial charge in [-0.3, -0.25) is 9.67 Å². The van der Waals surface area contributed by atoms with E-state index in [0.29, 0.717) is 29.4 Å². The fraction of sp³-hybridized carbons (Fsp3) is 0.278. The van der Waals surface area contributed by atoms with E-state index in [2.05, 4.69) is 15.1 Å². The lowest BCUT2D eigenvalue weighted by Gasteiger charge is -2.16. The minimum Gasteiger partial charge on any atom is -0.453 e. The lowest BCUT2D eigenvalue weighted by molar-refractivity contribution is -0.389. The molecule has 0 aliphatic heterocycles. The van der Waals surface area contributed by atoms with E-state index in [4.69, 9.17) is 4.74 Å². The molecular formula is C18H19N5O4. The van der Waals surface area contributed by atoms with Gasteiger partial charge in [-0.15, -0.1) is 0 Å². The number of nitrogens with zero attached hydrogens (tertiary/aromatic N) is 5. The Balaban J connectivity index is 1.81. The van der Waals surface area contributed by atoms with Crippen LogP contribution in [-0.4, -0.2) is 35.4 Å². The predicted octanol–water partition coefficient (Wildman–Crippen LogP) is 3.12. The van der Waals surface area contributed by atoms with Crippen molar-refractivity contribution in [2.24, 2.45) is 0 Å². The molecule has 9 heteroatoms. The van der Waals surface area contributed by atoms with Crippen LogP contribution in [0.3, 0.4) is 0 Å². The van der Waals surface area contributed by atoms with Gasteiger partial charge < -0.3 is 20.0 Å². The van der Waals surface area contributed by atoms with E-state index in [1.807, 2.05) is 0 Å². The number of hydrogen-bond acceptors (Lipinski definition) is 7. The summed E-state index contributed by atoms with van der Waals surface area (Å²) in [5.74, 6) is 0.721. The van der Waals surface area contributed by atoms with E-state index in [1.54, 1.807) is 56.2 Å². The van der Waals surface area contributed by atoms with Crippen molar-refractivity contribution in [1.29, 1.82) is 0 Å². The second-order valence-corrected chi connectivity index (χ2v) is 6.73. The summed E-state index contributed by atoms with van der Waals surface area (Å²) >= 11 is 0. The van der Waals surface area contributed by atoms with Crippen LogP contribution < -0.4 is 4.74 Å². The average molecular weight is 369 g/mol. The van der Waals surface area contributed by atoms with Crippen LogP contribution in [0.1, 0.15) is 19.5 Å². The first-order valence-electron chi connectivity index (χ1n) is 8.22. The molecule has 27 heavy (non-hydrogen) atoms. The van der Waals surface area contributed by atoms with Gasteiger partial charge in [0.2, 0.25) is 0 Å². The first kappa shape index (κ1) is 18.5. The summed E-state index contributed by atoms with van der Waals surface area (Å²) < 4.78 is 7.45. The molecule has 3 aromatic rings. The molecule has 9 nitrogen and oxygen atoms in total. The Hall–Kier alpha value is -3.33. The Morgan fingerprint density at radius 2 is 2.11 bits per heavy atom. The first-order chi connectivity index (χ1) is 12.7. The minimum absolute atomic E-state index is 0.227. The van der Waals surface area contributed by atoms with Crippen molar-refractivity contribution in [2.45, 2.75) is 32.9 Å². The maximum absolute atomic E-state index is 10.8. The van der Waals surface area contributed by atoms with Crippen LogP contribution in [0.5, 0.6) is 11.5 Å². The molecule has 0 atom stereocenters. The third kappa shape index (κ3) is 4.64. The highest BCUT2D eigenvalue weighted by Crippen LogP contribution is 2.28. The molecule has 3 rings (SSSR count). The Morgan fingerprint density at radius 1 is 1.33 bits per heavy atom. The van der Waals surface area contributed by atoms with E-state index >= 15 is 0 Å². The molecule has 0 amide bonds. The van der Waals surface area contributed by atoms with Gasteiger partial charge in [-0.05, 0) is 35.9 Å². The Labute approximate surface area is 155 Å². The molecule has 0 bridgehead atoms. The van der Waals surface area contributed by atoms with Crippen LogP contribution in [0.25, 0.3) is 11.3 Å². The van der Waals surface area contributed by atoms with E-state index in [9.17, 15) is 15.2 Å². The second-order valence-electron chi connectivity index (χ2n) is 6.73. The van der Waals surface area contributed by atoms with Gasteiger partial charge in [0, 0.05) is 37.0 Å². The smallest absolute Gasteiger partial charge is 0.363 e. The summed E-state index contributed by atoms with van der Waals surface area (Å²) in [6, 6.07) is 6.24. The predicted molar refractivity (Wildman–Crippen MR) is 97.5 cm³/mol. The number of nitro groups is 1. The monoisotopic (exact) mass is 369 g/mol. The minimum atomic E-state index is -0.873. The number of ether oxygens (including phenoxy) is 1. The summed E-state index contributed by atoms with van der Waals surface area (Å²) in [7, 11) is 0. The molecule has 3 heterocycles. The molecule has 1 N–H and O–H groups in total. The molecule has 0 fully saturated rings. The van der Waals surface area contributed by atoms with Gasteiger partial charge in [0.15, 0.2) is 11.4 Å². The molecular weight excluding hydrogens is 350 g/mol. The summed E-state index contributed by atoms with van der Waals surface area (Å²) in [5.41, 5.74) is 0.980. The second kappa shape index (κ2) is 7.12. The van der Waals surface area contributed by atoms with Crippen molar-refractivity contribution < 1.29 is 14.8 Å². The number of rotatable bonds is 6. The van der Waals surface area contributed by atoms with Crippen LogP contribution in [0.2, 0.25) is 0 Å². The van der Waals surface area contributed by atoms with Crippen molar-refractivity contribution >= 4 is 5.82 Å². The van der Waals surface area contributed by atoms with Crippen LogP contribution >= 0.6 is 0 Å².